The van der Waals surface area contributed by atoms with E-state index in [1.54, 1.807) is 13.8 Å². The van der Waals surface area contributed by atoms with Crippen molar-refractivity contribution >= 4 is 15.8 Å². The Morgan fingerprint density at radius 1 is 1.43 bits per heavy atom. The summed E-state index contributed by atoms with van der Waals surface area (Å²) in [5, 5.41) is 3.26. The van der Waals surface area contributed by atoms with E-state index in [0.717, 1.165) is 23.8 Å². The average molecular weight is 338 g/mol. The topological polar surface area (TPSA) is 74.7 Å². The summed E-state index contributed by atoms with van der Waals surface area (Å²) < 4.78 is 23.5. The SMILES string of the molecule is CCNC(=NCc1ccc(C)nc1)N1CCS(=O)(=O)C(C)(C)C1. The van der Waals surface area contributed by atoms with Gasteiger partial charge in [-0.25, -0.2) is 13.4 Å². The molecule has 2 rings (SSSR count). The molecule has 6 nitrogen and oxygen atoms in total. The summed E-state index contributed by atoms with van der Waals surface area (Å²) in [7, 11) is -3.05. The van der Waals surface area contributed by atoms with Crippen molar-refractivity contribution in [2.45, 2.75) is 39.0 Å². The number of aryl methyl sites for hydroxylation is 1. The van der Waals surface area contributed by atoms with Crippen LogP contribution in [0.25, 0.3) is 0 Å². The Hall–Kier alpha value is -1.63. The lowest BCUT2D eigenvalue weighted by Gasteiger charge is -2.39. The summed E-state index contributed by atoms with van der Waals surface area (Å²) in [4.78, 5) is 11.0. The van der Waals surface area contributed by atoms with E-state index in [4.69, 9.17) is 0 Å². The van der Waals surface area contributed by atoms with Gasteiger partial charge >= 0.3 is 0 Å². The average Bonchev–Trinajstić information content (AvgIpc) is 2.48. The van der Waals surface area contributed by atoms with Crippen molar-refractivity contribution in [1.29, 1.82) is 0 Å². The van der Waals surface area contributed by atoms with Gasteiger partial charge in [0.2, 0.25) is 0 Å². The number of guanidine groups is 1. The highest BCUT2D eigenvalue weighted by Gasteiger charge is 2.40. The lowest BCUT2D eigenvalue weighted by Crippen LogP contribution is -2.57. The maximum Gasteiger partial charge on any atom is 0.194 e. The summed E-state index contributed by atoms with van der Waals surface area (Å²) >= 11 is 0. The fraction of sp³-hybridized carbons (Fsp3) is 0.625. The van der Waals surface area contributed by atoms with Gasteiger partial charge in [0.1, 0.15) is 0 Å². The largest absolute Gasteiger partial charge is 0.357 e. The number of aromatic nitrogens is 1. The van der Waals surface area contributed by atoms with Crippen LogP contribution in [-0.4, -0.2) is 54.4 Å². The number of rotatable bonds is 3. The van der Waals surface area contributed by atoms with Gasteiger partial charge in [-0.15, -0.1) is 0 Å². The second-order valence-corrected chi connectivity index (χ2v) is 9.22. The second kappa shape index (κ2) is 6.86. The Bertz CT molecular complexity index is 666. The molecule has 1 aliphatic rings. The van der Waals surface area contributed by atoms with Gasteiger partial charge in [-0.3, -0.25) is 4.98 Å². The molecule has 0 aromatic carbocycles. The van der Waals surface area contributed by atoms with Crippen LogP contribution in [0.3, 0.4) is 0 Å². The van der Waals surface area contributed by atoms with Gasteiger partial charge in [-0.2, -0.15) is 0 Å². The minimum absolute atomic E-state index is 0.163. The Labute approximate surface area is 138 Å². The zero-order valence-electron chi connectivity index (χ0n) is 14.3. The van der Waals surface area contributed by atoms with Crippen molar-refractivity contribution in [3.05, 3.63) is 29.6 Å². The van der Waals surface area contributed by atoms with Crippen LogP contribution < -0.4 is 5.32 Å². The maximum atomic E-state index is 12.1. The first-order chi connectivity index (χ1) is 10.7. The van der Waals surface area contributed by atoms with E-state index in [9.17, 15) is 8.42 Å². The minimum Gasteiger partial charge on any atom is -0.357 e. The van der Waals surface area contributed by atoms with E-state index in [-0.39, 0.29) is 5.75 Å². The first kappa shape index (κ1) is 17.7. The van der Waals surface area contributed by atoms with Crippen LogP contribution in [-0.2, 0) is 16.4 Å². The fourth-order valence-corrected chi connectivity index (χ4v) is 3.87. The molecule has 0 radical (unpaired) electrons. The van der Waals surface area contributed by atoms with Crippen LogP contribution in [0.1, 0.15) is 32.0 Å². The molecule has 0 atom stereocenters. The number of hydrogen-bond donors (Lipinski definition) is 1. The monoisotopic (exact) mass is 338 g/mol. The predicted molar refractivity (Wildman–Crippen MR) is 93.2 cm³/mol. The van der Waals surface area contributed by atoms with Crippen LogP contribution in [0.2, 0.25) is 0 Å². The molecule has 1 aromatic heterocycles. The lowest BCUT2D eigenvalue weighted by atomic mass is 10.2. The molecule has 1 saturated heterocycles. The van der Waals surface area contributed by atoms with Gasteiger partial charge in [0.15, 0.2) is 15.8 Å². The molecule has 2 heterocycles. The molecule has 128 valence electrons. The highest BCUT2D eigenvalue weighted by atomic mass is 32.2. The predicted octanol–water partition coefficient (Wildman–Crippen LogP) is 1.36. The Morgan fingerprint density at radius 2 is 2.17 bits per heavy atom. The van der Waals surface area contributed by atoms with Crippen molar-refractivity contribution in [1.82, 2.24) is 15.2 Å². The summed E-state index contributed by atoms with van der Waals surface area (Å²) in [6.07, 6.45) is 1.83. The summed E-state index contributed by atoms with van der Waals surface area (Å²) in [6.45, 7) is 9.72. The van der Waals surface area contributed by atoms with Crippen LogP contribution in [0.15, 0.2) is 23.3 Å². The molecule has 0 amide bonds. The molecule has 0 spiro atoms. The number of pyridine rings is 1. The standard InChI is InChI=1S/C16H26N4O2S/c1-5-17-15(19-11-14-7-6-13(2)18-10-14)20-8-9-23(21,22)16(3,4)12-20/h6-7,10H,5,8-9,11-12H2,1-4H3,(H,17,19). The smallest absolute Gasteiger partial charge is 0.194 e. The van der Waals surface area contributed by atoms with Gasteiger partial charge < -0.3 is 10.2 Å². The summed E-state index contributed by atoms with van der Waals surface area (Å²) in [5.74, 6) is 0.923. The van der Waals surface area contributed by atoms with E-state index >= 15 is 0 Å². The summed E-state index contributed by atoms with van der Waals surface area (Å²) in [6, 6.07) is 3.98. The minimum atomic E-state index is -3.05. The Kier molecular flexibility index (Phi) is 5.29. The molecule has 1 aromatic rings. The third-order valence-electron chi connectivity index (χ3n) is 4.06. The molecule has 7 heteroatoms. The van der Waals surface area contributed by atoms with Crippen molar-refractivity contribution in [3.63, 3.8) is 0 Å². The van der Waals surface area contributed by atoms with Crippen molar-refractivity contribution in [2.75, 3.05) is 25.4 Å². The molecule has 23 heavy (non-hydrogen) atoms. The highest BCUT2D eigenvalue weighted by Crippen LogP contribution is 2.23. The summed E-state index contributed by atoms with van der Waals surface area (Å²) in [5.41, 5.74) is 2.02. The van der Waals surface area contributed by atoms with E-state index in [1.165, 1.54) is 0 Å². The molecular formula is C16H26N4O2S. The molecule has 1 N–H and O–H groups in total. The number of nitrogens with one attached hydrogen (secondary N) is 1. The zero-order chi connectivity index (χ0) is 17.1. The Morgan fingerprint density at radius 3 is 2.74 bits per heavy atom. The van der Waals surface area contributed by atoms with Crippen LogP contribution in [0, 0.1) is 6.92 Å². The van der Waals surface area contributed by atoms with Crippen molar-refractivity contribution in [2.24, 2.45) is 4.99 Å². The maximum absolute atomic E-state index is 12.1. The van der Waals surface area contributed by atoms with Gasteiger partial charge in [0, 0.05) is 31.5 Å². The first-order valence-electron chi connectivity index (χ1n) is 7.92. The molecule has 0 aliphatic carbocycles. The highest BCUT2D eigenvalue weighted by molar-refractivity contribution is 7.92. The third-order valence-corrected chi connectivity index (χ3v) is 6.59. The third kappa shape index (κ3) is 4.22. The molecule has 0 saturated carbocycles. The molecule has 0 unspecified atom stereocenters. The van der Waals surface area contributed by atoms with E-state index in [0.29, 0.717) is 19.6 Å². The van der Waals surface area contributed by atoms with Crippen LogP contribution in [0.4, 0.5) is 0 Å². The van der Waals surface area contributed by atoms with Crippen LogP contribution in [0.5, 0.6) is 0 Å². The normalized spacial score (nSPS) is 20.3. The second-order valence-electron chi connectivity index (χ2n) is 6.48. The molecule has 1 aliphatic heterocycles. The first-order valence-corrected chi connectivity index (χ1v) is 9.57. The van der Waals surface area contributed by atoms with E-state index < -0.39 is 14.6 Å². The molecule has 0 bridgehead atoms. The lowest BCUT2D eigenvalue weighted by molar-refractivity contribution is 0.353. The number of sulfone groups is 1. The van der Waals surface area contributed by atoms with Crippen molar-refractivity contribution in [3.8, 4) is 0 Å². The van der Waals surface area contributed by atoms with Crippen LogP contribution >= 0.6 is 0 Å². The van der Waals surface area contributed by atoms with Crippen molar-refractivity contribution < 1.29 is 8.42 Å². The number of nitrogens with zero attached hydrogens (tertiary/aromatic N) is 3. The quantitative estimate of drug-likeness (QED) is 0.665. The van der Waals surface area contributed by atoms with E-state index in [1.807, 2.05) is 37.1 Å². The van der Waals surface area contributed by atoms with Gasteiger partial charge in [-0.05, 0) is 39.3 Å². The zero-order valence-corrected chi connectivity index (χ0v) is 15.2. The molecular weight excluding hydrogens is 312 g/mol. The van der Waals surface area contributed by atoms with Gasteiger partial charge in [0.05, 0.1) is 17.0 Å². The van der Waals surface area contributed by atoms with Gasteiger partial charge in [-0.1, -0.05) is 6.07 Å². The molecule has 1 fully saturated rings. The fourth-order valence-electron chi connectivity index (χ4n) is 2.51. The van der Waals surface area contributed by atoms with Gasteiger partial charge in [0.25, 0.3) is 0 Å². The Balaban J connectivity index is 2.15. The van der Waals surface area contributed by atoms with E-state index in [2.05, 4.69) is 15.3 Å². The number of aliphatic imine (C=N–C) groups is 1. The number of hydrogen-bond acceptors (Lipinski definition) is 4.